The standard InChI is InChI=1S/C24H29N3O3S/c1-30-22-12-11-19(17-9-10-17)15-23(22)31(28,29)27-16-26-24-20(7-2-8-21(24)27)18-5-3-13-25-14-4-6-18/h2,7-8,11-12,15-18,25H,3-6,9-10,13-14H2,1H3. The van der Waals surface area contributed by atoms with Gasteiger partial charge in [0, 0.05) is 0 Å². The Hall–Kier alpha value is -2.38. The molecule has 1 aliphatic carbocycles. The summed E-state index contributed by atoms with van der Waals surface area (Å²) in [5.74, 6) is 1.24. The third-order valence-corrected chi connectivity index (χ3v) is 8.28. The topological polar surface area (TPSA) is 73.2 Å². The summed E-state index contributed by atoms with van der Waals surface area (Å²) in [7, 11) is -2.32. The molecule has 2 heterocycles. The third-order valence-electron chi connectivity index (χ3n) is 6.60. The number of para-hydroxylation sites is 1. The summed E-state index contributed by atoms with van der Waals surface area (Å²) >= 11 is 0. The fourth-order valence-electron chi connectivity index (χ4n) is 4.76. The summed E-state index contributed by atoms with van der Waals surface area (Å²) in [4.78, 5) is 4.80. The molecule has 1 aromatic heterocycles. The van der Waals surface area contributed by atoms with Gasteiger partial charge in [0.1, 0.15) is 17.0 Å². The average molecular weight is 440 g/mol. The van der Waals surface area contributed by atoms with Crippen LogP contribution in [0.15, 0.2) is 47.6 Å². The van der Waals surface area contributed by atoms with Crippen LogP contribution in [0.4, 0.5) is 0 Å². The predicted octanol–water partition coefficient (Wildman–Crippen LogP) is 4.41. The predicted molar refractivity (Wildman–Crippen MR) is 121 cm³/mol. The zero-order valence-electron chi connectivity index (χ0n) is 17.9. The molecule has 2 aromatic carbocycles. The maximum absolute atomic E-state index is 13.7. The van der Waals surface area contributed by atoms with Crippen LogP contribution in [0, 0.1) is 0 Å². The van der Waals surface area contributed by atoms with Crippen LogP contribution in [0.1, 0.15) is 61.5 Å². The van der Waals surface area contributed by atoms with Gasteiger partial charge in [-0.15, -0.1) is 0 Å². The van der Waals surface area contributed by atoms with E-state index in [-0.39, 0.29) is 4.90 Å². The van der Waals surface area contributed by atoms with Crippen LogP contribution in [0.5, 0.6) is 5.75 Å². The SMILES string of the molecule is COc1ccc(C2CC2)cc1S(=O)(=O)n1cnc2c(C3CCCNCCC3)cccc21. The van der Waals surface area contributed by atoms with E-state index in [1.807, 2.05) is 18.2 Å². The molecule has 0 spiro atoms. The number of fused-ring (bicyclic) bond motifs is 1. The van der Waals surface area contributed by atoms with Crippen molar-refractivity contribution >= 4 is 21.1 Å². The molecule has 1 saturated carbocycles. The number of nitrogens with one attached hydrogen (secondary N) is 1. The Bertz CT molecular complexity index is 1190. The second kappa shape index (κ2) is 8.28. The monoisotopic (exact) mass is 439 g/mol. The number of benzene rings is 2. The number of hydrogen-bond acceptors (Lipinski definition) is 5. The van der Waals surface area contributed by atoms with Crippen LogP contribution in [0.2, 0.25) is 0 Å². The van der Waals surface area contributed by atoms with Crippen molar-refractivity contribution in [2.75, 3.05) is 20.2 Å². The van der Waals surface area contributed by atoms with Gasteiger partial charge < -0.3 is 10.1 Å². The Balaban J connectivity index is 1.59. The molecule has 1 saturated heterocycles. The maximum Gasteiger partial charge on any atom is 0.273 e. The summed E-state index contributed by atoms with van der Waals surface area (Å²) in [6.07, 6.45) is 8.08. The second-order valence-corrected chi connectivity index (χ2v) is 10.5. The zero-order valence-corrected chi connectivity index (χ0v) is 18.7. The Morgan fingerprint density at radius 1 is 1.03 bits per heavy atom. The average Bonchev–Trinajstić information content (AvgIpc) is 3.51. The summed E-state index contributed by atoms with van der Waals surface area (Å²) in [5.41, 5.74) is 3.65. The zero-order chi connectivity index (χ0) is 21.4. The van der Waals surface area contributed by atoms with Crippen molar-refractivity contribution < 1.29 is 13.2 Å². The normalized spacial score (nSPS) is 18.6. The molecule has 0 unspecified atom stereocenters. The first kappa shape index (κ1) is 20.5. The summed E-state index contributed by atoms with van der Waals surface area (Å²) in [5, 5.41) is 3.46. The van der Waals surface area contributed by atoms with Gasteiger partial charge in [-0.05, 0) is 92.8 Å². The van der Waals surface area contributed by atoms with E-state index in [2.05, 4.69) is 16.4 Å². The molecule has 164 valence electrons. The maximum atomic E-state index is 13.7. The van der Waals surface area contributed by atoms with Gasteiger partial charge in [-0.25, -0.2) is 17.4 Å². The highest BCUT2D eigenvalue weighted by Crippen LogP contribution is 2.42. The van der Waals surface area contributed by atoms with Gasteiger partial charge in [0.15, 0.2) is 0 Å². The number of aromatic nitrogens is 2. The molecular formula is C24H29N3O3S. The molecule has 0 amide bonds. The quantitative estimate of drug-likeness (QED) is 0.638. The van der Waals surface area contributed by atoms with Crippen molar-refractivity contribution in [1.29, 1.82) is 0 Å². The Morgan fingerprint density at radius 3 is 2.52 bits per heavy atom. The Kier molecular flexibility index (Phi) is 5.48. The van der Waals surface area contributed by atoms with Gasteiger partial charge in [0.25, 0.3) is 10.0 Å². The molecular weight excluding hydrogens is 410 g/mol. The van der Waals surface area contributed by atoms with E-state index in [9.17, 15) is 8.42 Å². The van der Waals surface area contributed by atoms with Gasteiger partial charge in [-0.2, -0.15) is 0 Å². The van der Waals surface area contributed by atoms with Crippen molar-refractivity contribution in [3.8, 4) is 5.75 Å². The van der Waals surface area contributed by atoms with Gasteiger partial charge >= 0.3 is 0 Å². The minimum atomic E-state index is -3.83. The molecule has 31 heavy (non-hydrogen) atoms. The van der Waals surface area contributed by atoms with Crippen LogP contribution in [-0.2, 0) is 10.0 Å². The number of rotatable bonds is 5. The van der Waals surface area contributed by atoms with Gasteiger partial charge in [-0.1, -0.05) is 18.2 Å². The van der Waals surface area contributed by atoms with E-state index in [1.54, 1.807) is 12.1 Å². The third kappa shape index (κ3) is 3.85. The van der Waals surface area contributed by atoms with Crippen LogP contribution in [0.25, 0.3) is 11.0 Å². The highest BCUT2D eigenvalue weighted by atomic mass is 32.2. The number of hydrogen-bond donors (Lipinski definition) is 1. The number of methoxy groups -OCH3 is 1. The van der Waals surface area contributed by atoms with E-state index in [0.717, 1.165) is 68.3 Å². The molecule has 6 nitrogen and oxygen atoms in total. The van der Waals surface area contributed by atoms with Crippen molar-refractivity contribution in [2.45, 2.75) is 55.3 Å². The van der Waals surface area contributed by atoms with Gasteiger partial charge in [0.2, 0.25) is 0 Å². The lowest BCUT2D eigenvalue weighted by atomic mass is 9.88. The Morgan fingerprint density at radius 2 is 1.81 bits per heavy atom. The largest absolute Gasteiger partial charge is 0.495 e. The van der Waals surface area contributed by atoms with E-state index in [1.165, 1.54) is 17.4 Å². The molecule has 2 aliphatic rings. The number of imidazole rings is 1. The summed E-state index contributed by atoms with van der Waals surface area (Å²) in [6, 6.07) is 11.5. The van der Waals surface area contributed by atoms with Crippen LogP contribution in [0.3, 0.4) is 0 Å². The van der Waals surface area contributed by atoms with Crippen LogP contribution >= 0.6 is 0 Å². The van der Waals surface area contributed by atoms with E-state index in [4.69, 9.17) is 4.74 Å². The molecule has 0 atom stereocenters. The minimum Gasteiger partial charge on any atom is -0.495 e. The second-order valence-electron chi connectivity index (χ2n) is 8.68. The number of nitrogens with zero attached hydrogens (tertiary/aromatic N) is 2. The molecule has 1 aliphatic heterocycles. The van der Waals surface area contributed by atoms with E-state index >= 15 is 0 Å². The molecule has 7 heteroatoms. The first-order chi connectivity index (χ1) is 15.1. The smallest absolute Gasteiger partial charge is 0.273 e. The van der Waals surface area contributed by atoms with Crippen molar-refractivity contribution in [2.24, 2.45) is 0 Å². The first-order valence-electron chi connectivity index (χ1n) is 11.2. The molecule has 1 N–H and O–H groups in total. The summed E-state index contributed by atoms with van der Waals surface area (Å²) in [6.45, 7) is 2.07. The van der Waals surface area contributed by atoms with Gasteiger partial charge in [-0.3, -0.25) is 0 Å². The highest BCUT2D eigenvalue weighted by molar-refractivity contribution is 7.90. The lowest BCUT2D eigenvalue weighted by molar-refractivity contribution is 0.402. The van der Waals surface area contributed by atoms with Gasteiger partial charge in [0.05, 0.1) is 18.1 Å². The van der Waals surface area contributed by atoms with Crippen molar-refractivity contribution in [3.63, 3.8) is 0 Å². The molecule has 5 rings (SSSR count). The highest BCUT2D eigenvalue weighted by Gasteiger charge is 2.29. The molecule has 2 fully saturated rings. The lowest BCUT2D eigenvalue weighted by Crippen LogP contribution is -2.21. The van der Waals surface area contributed by atoms with Crippen molar-refractivity contribution in [3.05, 3.63) is 53.9 Å². The van der Waals surface area contributed by atoms with Crippen LogP contribution < -0.4 is 10.1 Å². The molecule has 0 bridgehead atoms. The summed E-state index contributed by atoms with van der Waals surface area (Å²) < 4.78 is 34.2. The first-order valence-corrected chi connectivity index (χ1v) is 12.6. The number of ether oxygens (including phenoxy) is 1. The van der Waals surface area contributed by atoms with Crippen molar-refractivity contribution in [1.82, 2.24) is 14.3 Å². The minimum absolute atomic E-state index is 0.209. The fourth-order valence-corrected chi connectivity index (χ4v) is 6.24. The Labute approximate surface area is 183 Å². The molecule has 0 radical (unpaired) electrons. The lowest BCUT2D eigenvalue weighted by Gasteiger charge is -2.21. The molecule has 3 aromatic rings. The fraction of sp³-hybridized carbons (Fsp3) is 0.458. The van der Waals surface area contributed by atoms with Crippen LogP contribution in [-0.4, -0.2) is 37.6 Å². The van der Waals surface area contributed by atoms with E-state index < -0.39 is 10.0 Å². The van der Waals surface area contributed by atoms with E-state index in [0.29, 0.717) is 23.1 Å².